The summed E-state index contributed by atoms with van der Waals surface area (Å²) in [6.45, 7) is 0. The van der Waals surface area contributed by atoms with E-state index in [1.807, 2.05) is 12.1 Å². The molecule has 3 aromatic carbocycles. The van der Waals surface area contributed by atoms with E-state index in [0.717, 1.165) is 5.56 Å². The third kappa shape index (κ3) is 4.53. The highest BCUT2D eigenvalue weighted by Crippen LogP contribution is 2.29. The predicted molar refractivity (Wildman–Crippen MR) is 129 cm³/mol. The Kier molecular flexibility index (Phi) is 6.18. The number of imidazole rings is 1. The summed E-state index contributed by atoms with van der Waals surface area (Å²) in [5.41, 5.74) is 2.05. The first-order valence-electron chi connectivity index (χ1n) is 10.4. The van der Waals surface area contributed by atoms with Crippen LogP contribution in [-0.2, 0) is 0 Å². The van der Waals surface area contributed by atoms with Gasteiger partial charge in [-0.1, -0.05) is 18.2 Å². The summed E-state index contributed by atoms with van der Waals surface area (Å²) >= 11 is 0. The molecule has 0 unspecified atom stereocenters. The van der Waals surface area contributed by atoms with Gasteiger partial charge < -0.3 is 15.2 Å². The van der Waals surface area contributed by atoms with Crippen molar-refractivity contribution in [3.05, 3.63) is 106 Å². The van der Waals surface area contributed by atoms with Crippen molar-refractivity contribution < 1.29 is 14.5 Å². The van der Waals surface area contributed by atoms with Crippen molar-refractivity contribution in [3.8, 4) is 11.4 Å². The van der Waals surface area contributed by atoms with Gasteiger partial charge in [0.15, 0.2) is 5.78 Å². The number of carbonyl (C=O) groups excluding carboxylic acids is 2. The Hall–Kier alpha value is -4.79. The number of aromatic nitrogens is 2. The topological polar surface area (TPSA) is 121 Å². The largest absolute Gasteiger partial charge is 0.372 e. The van der Waals surface area contributed by atoms with Gasteiger partial charge >= 0.3 is 0 Å². The summed E-state index contributed by atoms with van der Waals surface area (Å²) in [6.07, 6.45) is 3.38. The van der Waals surface area contributed by atoms with Crippen molar-refractivity contribution in [3.63, 3.8) is 0 Å². The first kappa shape index (κ1) is 22.4. The van der Waals surface area contributed by atoms with Crippen LogP contribution >= 0.6 is 0 Å². The number of ketones is 1. The number of anilines is 2. The molecule has 1 aromatic heterocycles. The molecule has 170 valence electrons. The van der Waals surface area contributed by atoms with Crippen molar-refractivity contribution >= 4 is 28.8 Å². The molecule has 1 amide bonds. The summed E-state index contributed by atoms with van der Waals surface area (Å²) in [5, 5.41) is 14.3. The maximum atomic E-state index is 13.2. The monoisotopic (exact) mass is 455 g/mol. The molecule has 4 aromatic rings. The number of nitrogens with one attached hydrogen (secondary N) is 2. The van der Waals surface area contributed by atoms with Crippen LogP contribution in [0.4, 0.5) is 17.1 Å². The zero-order valence-corrected chi connectivity index (χ0v) is 18.5. The SMILES string of the molecule is CN(C)c1ccc(C(=O)c2ccccc2C(=O)Nc2ccc(-c3ncc[nH]3)cc2)cc1[N+](=O)[O-]. The lowest BCUT2D eigenvalue weighted by molar-refractivity contribution is -0.384. The molecular formula is C25H21N5O4. The number of hydrogen-bond donors (Lipinski definition) is 2. The maximum absolute atomic E-state index is 13.2. The van der Waals surface area contributed by atoms with Gasteiger partial charge in [-0.3, -0.25) is 19.7 Å². The molecule has 1 heterocycles. The van der Waals surface area contributed by atoms with E-state index in [0.29, 0.717) is 17.2 Å². The Morgan fingerprint density at radius 2 is 1.71 bits per heavy atom. The number of benzene rings is 3. The van der Waals surface area contributed by atoms with E-state index in [-0.39, 0.29) is 22.4 Å². The molecule has 0 aliphatic rings. The molecule has 0 bridgehead atoms. The van der Waals surface area contributed by atoms with Crippen LogP contribution in [0.5, 0.6) is 0 Å². The number of hydrogen-bond acceptors (Lipinski definition) is 6. The van der Waals surface area contributed by atoms with E-state index >= 15 is 0 Å². The fourth-order valence-corrected chi connectivity index (χ4v) is 3.56. The normalized spacial score (nSPS) is 10.5. The minimum atomic E-state index is -0.531. The second kappa shape index (κ2) is 9.37. The van der Waals surface area contributed by atoms with Crippen LogP contribution < -0.4 is 10.2 Å². The van der Waals surface area contributed by atoms with Gasteiger partial charge in [0.25, 0.3) is 11.6 Å². The minimum Gasteiger partial charge on any atom is -0.372 e. The summed E-state index contributed by atoms with van der Waals surface area (Å²) < 4.78 is 0. The summed E-state index contributed by atoms with van der Waals surface area (Å²) in [5.74, 6) is -0.232. The minimum absolute atomic E-state index is 0.125. The molecule has 34 heavy (non-hydrogen) atoms. The van der Waals surface area contributed by atoms with Gasteiger partial charge in [-0.05, 0) is 42.5 Å². The third-order valence-electron chi connectivity index (χ3n) is 5.25. The van der Waals surface area contributed by atoms with Crippen molar-refractivity contribution in [2.24, 2.45) is 0 Å². The molecule has 2 N–H and O–H groups in total. The first-order chi connectivity index (χ1) is 16.3. The first-order valence-corrected chi connectivity index (χ1v) is 10.4. The molecule has 0 fully saturated rings. The Bertz CT molecular complexity index is 1360. The molecule has 9 nitrogen and oxygen atoms in total. The maximum Gasteiger partial charge on any atom is 0.293 e. The van der Waals surface area contributed by atoms with Gasteiger partial charge in [0.1, 0.15) is 11.5 Å². The smallest absolute Gasteiger partial charge is 0.293 e. The van der Waals surface area contributed by atoms with Gasteiger partial charge in [-0.2, -0.15) is 0 Å². The molecule has 0 aliphatic heterocycles. The highest BCUT2D eigenvalue weighted by Gasteiger charge is 2.22. The number of nitrogens with zero attached hydrogens (tertiary/aromatic N) is 3. The van der Waals surface area contributed by atoms with Crippen molar-refractivity contribution in [1.82, 2.24) is 9.97 Å². The number of amides is 1. The average Bonchev–Trinajstić information content (AvgIpc) is 3.38. The van der Waals surface area contributed by atoms with Crippen LogP contribution in [0, 0.1) is 10.1 Å². The van der Waals surface area contributed by atoms with E-state index in [1.54, 1.807) is 61.7 Å². The number of rotatable bonds is 7. The lowest BCUT2D eigenvalue weighted by atomic mass is 9.97. The van der Waals surface area contributed by atoms with Crippen molar-refractivity contribution in [2.75, 3.05) is 24.3 Å². The van der Waals surface area contributed by atoms with Crippen LogP contribution in [0.2, 0.25) is 0 Å². The van der Waals surface area contributed by atoms with Gasteiger partial charge in [0.05, 0.1) is 10.5 Å². The average molecular weight is 455 g/mol. The van der Waals surface area contributed by atoms with Gasteiger partial charge in [0.2, 0.25) is 0 Å². The number of nitro groups is 1. The van der Waals surface area contributed by atoms with Crippen molar-refractivity contribution in [1.29, 1.82) is 0 Å². The second-order valence-corrected chi connectivity index (χ2v) is 7.70. The van der Waals surface area contributed by atoms with Crippen LogP contribution in [0.1, 0.15) is 26.3 Å². The van der Waals surface area contributed by atoms with Gasteiger partial charge in [-0.25, -0.2) is 4.98 Å². The molecule has 0 aliphatic carbocycles. The predicted octanol–water partition coefficient (Wildman–Crippen LogP) is 4.53. The highest BCUT2D eigenvalue weighted by atomic mass is 16.6. The number of nitro benzene ring substituents is 1. The molecule has 0 saturated heterocycles. The fourth-order valence-electron chi connectivity index (χ4n) is 3.56. The lowest BCUT2D eigenvalue weighted by Gasteiger charge is -2.14. The molecule has 0 atom stereocenters. The van der Waals surface area contributed by atoms with Crippen molar-refractivity contribution in [2.45, 2.75) is 0 Å². The molecule has 0 radical (unpaired) electrons. The van der Waals surface area contributed by atoms with E-state index in [1.165, 1.54) is 24.3 Å². The molecular weight excluding hydrogens is 434 g/mol. The number of carbonyl (C=O) groups is 2. The van der Waals surface area contributed by atoms with Crippen LogP contribution in [0.15, 0.2) is 79.1 Å². The van der Waals surface area contributed by atoms with E-state index < -0.39 is 16.6 Å². The molecule has 0 saturated carbocycles. The number of H-pyrrole nitrogens is 1. The lowest BCUT2D eigenvalue weighted by Crippen LogP contribution is -2.17. The van der Waals surface area contributed by atoms with Gasteiger partial charge in [-0.15, -0.1) is 0 Å². The van der Waals surface area contributed by atoms with E-state index in [4.69, 9.17) is 0 Å². The van der Waals surface area contributed by atoms with E-state index in [2.05, 4.69) is 15.3 Å². The quantitative estimate of drug-likeness (QED) is 0.240. The zero-order chi connectivity index (χ0) is 24.2. The van der Waals surface area contributed by atoms with Crippen LogP contribution in [0.25, 0.3) is 11.4 Å². The standard InChI is InChI=1S/C25H21N5O4/c1-29(2)21-12-9-17(15-22(21)30(33)34)23(31)19-5-3-4-6-20(19)25(32)28-18-10-7-16(8-11-18)24-26-13-14-27-24/h3-15H,1-2H3,(H,26,27)(H,28,32). The Morgan fingerprint density at radius 3 is 2.32 bits per heavy atom. The zero-order valence-electron chi connectivity index (χ0n) is 18.5. The third-order valence-corrected chi connectivity index (χ3v) is 5.25. The summed E-state index contributed by atoms with van der Waals surface area (Å²) in [4.78, 5) is 46.0. The molecule has 4 rings (SSSR count). The Balaban J connectivity index is 1.60. The molecule has 9 heteroatoms. The second-order valence-electron chi connectivity index (χ2n) is 7.70. The Labute approximate surface area is 195 Å². The van der Waals surface area contributed by atoms with E-state index in [9.17, 15) is 19.7 Å². The van der Waals surface area contributed by atoms with Gasteiger partial charge in [0, 0.05) is 54.9 Å². The fraction of sp³-hybridized carbons (Fsp3) is 0.0800. The van der Waals surface area contributed by atoms with Crippen LogP contribution in [0.3, 0.4) is 0 Å². The summed E-state index contributed by atoms with van der Waals surface area (Å²) in [7, 11) is 3.37. The molecule has 0 spiro atoms. The van der Waals surface area contributed by atoms with Crippen LogP contribution in [-0.4, -0.2) is 40.7 Å². The highest BCUT2D eigenvalue weighted by molar-refractivity contribution is 6.18. The Morgan fingerprint density at radius 1 is 1.00 bits per heavy atom. The summed E-state index contributed by atoms with van der Waals surface area (Å²) in [6, 6.07) is 17.8. The number of aromatic amines is 1.